The number of thioether (sulfide) groups is 1. The Morgan fingerprint density at radius 2 is 2.11 bits per heavy atom. The number of amides is 1. The average Bonchev–Trinajstić information content (AvgIpc) is 2.41. The molecule has 0 saturated heterocycles. The van der Waals surface area contributed by atoms with Crippen molar-refractivity contribution in [2.24, 2.45) is 0 Å². The van der Waals surface area contributed by atoms with Gasteiger partial charge in [-0.3, -0.25) is 9.59 Å². The van der Waals surface area contributed by atoms with Gasteiger partial charge >= 0.3 is 5.97 Å². The number of aromatic nitrogens is 2. The molecule has 1 unspecified atom stereocenters. The number of ether oxygens (including phenoxy) is 1. The maximum Gasteiger partial charge on any atom is 0.319 e. The van der Waals surface area contributed by atoms with E-state index in [0.29, 0.717) is 23.9 Å². The van der Waals surface area contributed by atoms with Crippen molar-refractivity contribution >= 4 is 29.5 Å². The second kappa shape index (κ2) is 7.73. The molecule has 0 aromatic carbocycles. The summed E-state index contributed by atoms with van der Waals surface area (Å²) in [7, 11) is 0. The third-order valence-corrected chi connectivity index (χ3v) is 3.15. The van der Waals surface area contributed by atoms with Gasteiger partial charge in [0, 0.05) is 6.42 Å². The monoisotopic (exact) mass is 283 g/mol. The fourth-order valence-electron chi connectivity index (χ4n) is 1.17. The molecule has 0 fully saturated rings. The highest BCUT2D eigenvalue weighted by atomic mass is 32.2. The van der Waals surface area contributed by atoms with Crippen LogP contribution >= 0.6 is 11.8 Å². The number of hydrogen-bond acceptors (Lipinski definition) is 6. The van der Waals surface area contributed by atoms with Crippen molar-refractivity contribution in [2.45, 2.75) is 37.5 Å². The number of esters is 1. The lowest BCUT2D eigenvalue weighted by Crippen LogP contribution is -2.17. The maximum atomic E-state index is 11.5. The van der Waals surface area contributed by atoms with Gasteiger partial charge in [0.25, 0.3) is 0 Å². The van der Waals surface area contributed by atoms with Crippen LogP contribution in [0.5, 0.6) is 0 Å². The predicted octanol–water partition coefficient (Wildman–Crippen LogP) is 1.87. The molecule has 0 saturated carbocycles. The van der Waals surface area contributed by atoms with Gasteiger partial charge in [-0.25, -0.2) is 0 Å². The molecule has 1 heterocycles. The molecular formula is C12H17N3O3S. The quantitative estimate of drug-likeness (QED) is 0.634. The van der Waals surface area contributed by atoms with E-state index in [1.165, 1.54) is 11.8 Å². The molecule has 1 atom stereocenters. The van der Waals surface area contributed by atoms with Gasteiger partial charge in [0.2, 0.25) is 5.91 Å². The summed E-state index contributed by atoms with van der Waals surface area (Å²) >= 11 is 1.26. The van der Waals surface area contributed by atoms with Crippen molar-refractivity contribution in [1.29, 1.82) is 0 Å². The minimum Gasteiger partial charge on any atom is -0.465 e. The molecule has 0 spiro atoms. The molecule has 1 aromatic heterocycles. The van der Waals surface area contributed by atoms with Crippen LogP contribution in [0.3, 0.4) is 0 Å². The second-order valence-electron chi connectivity index (χ2n) is 3.67. The van der Waals surface area contributed by atoms with E-state index in [2.05, 4.69) is 15.5 Å². The fourth-order valence-corrected chi connectivity index (χ4v) is 1.93. The van der Waals surface area contributed by atoms with Crippen LogP contribution in [0.15, 0.2) is 17.2 Å². The number of nitrogens with zero attached hydrogens (tertiary/aromatic N) is 2. The Morgan fingerprint density at radius 1 is 1.37 bits per heavy atom. The Balaban J connectivity index is 2.56. The number of rotatable bonds is 6. The van der Waals surface area contributed by atoms with Crippen LogP contribution < -0.4 is 5.32 Å². The summed E-state index contributed by atoms with van der Waals surface area (Å²) in [5.74, 6) is 0.00671. The van der Waals surface area contributed by atoms with Crippen LogP contribution in [0, 0.1) is 0 Å². The third-order valence-electron chi connectivity index (χ3n) is 2.14. The second-order valence-corrected chi connectivity index (χ2v) is 5.03. The van der Waals surface area contributed by atoms with Gasteiger partial charge in [-0.1, -0.05) is 18.7 Å². The maximum absolute atomic E-state index is 11.5. The minimum atomic E-state index is -0.342. The molecule has 1 rings (SSSR count). The van der Waals surface area contributed by atoms with Gasteiger partial charge in [0.05, 0.1) is 6.61 Å². The largest absolute Gasteiger partial charge is 0.465 e. The summed E-state index contributed by atoms with van der Waals surface area (Å²) in [4.78, 5) is 22.6. The van der Waals surface area contributed by atoms with E-state index in [-0.39, 0.29) is 17.1 Å². The molecule has 0 aliphatic heterocycles. The van der Waals surface area contributed by atoms with Crippen molar-refractivity contribution in [3.8, 4) is 0 Å². The van der Waals surface area contributed by atoms with Crippen LogP contribution in [0.1, 0.15) is 27.2 Å². The highest BCUT2D eigenvalue weighted by molar-refractivity contribution is 8.00. The van der Waals surface area contributed by atoms with Crippen molar-refractivity contribution in [2.75, 3.05) is 11.9 Å². The van der Waals surface area contributed by atoms with Crippen LogP contribution in [0.2, 0.25) is 0 Å². The molecule has 1 aromatic rings. The van der Waals surface area contributed by atoms with Gasteiger partial charge in [-0.05, 0) is 26.0 Å². The number of hydrogen-bond donors (Lipinski definition) is 1. The van der Waals surface area contributed by atoms with E-state index in [0.717, 1.165) is 0 Å². The number of carbonyl (C=O) groups excluding carboxylic acids is 2. The van der Waals surface area contributed by atoms with Gasteiger partial charge < -0.3 is 10.1 Å². The molecule has 19 heavy (non-hydrogen) atoms. The zero-order valence-electron chi connectivity index (χ0n) is 11.2. The molecule has 0 aliphatic rings. The molecule has 0 bridgehead atoms. The minimum absolute atomic E-state index is 0.116. The van der Waals surface area contributed by atoms with Crippen LogP contribution in [0.25, 0.3) is 0 Å². The van der Waals surface area contributed by atoms with Gasteiger partial charge in [0.15, 0.2) is 5.82 Å². The zero-order valence-corrected chi connectivity index (χ0v) is 12.0. The Hall–Kier alpha value is -1.63. The summed E-state index contributed by atoms with van der Waals surface area (Å²) < 4.78 is 4.90. The summed E-state index contributed by atoms with van der Waals surface area (Å²) in [6, 6.07) is 3.36. The van der Waals surface area contributed by atoms with Crippen molar-refractivity contribution in [1.82, 2.24) is 10.2 Å². The predicted molar refractivity (Wildman–Crippen MR) is 72.9 cm³/mol. The molecule has 104 valence electrons. The average molecular weight is 283 g/mol. The normalized spacial score (nSPS) is 11.7. The molecule has 1 amide bonds. The first-order valence-corrected chi connectivity index (χ1v) is 6.91. The van der Waals surface area contributed by atoms with Crippen LogP contribution in [-0.4, -0.2) is 33.9 Å². The highest BCUT2D eigenvalue weighted by Crippen LogP contribution is 2.21. The molecule has 7 heteroatoms. The summed E-state index contributed by atoms with van der Waals surface area (Å²) in [5.41, 5.74) is 0. The SMILES string of the molecule is CCOC(=O)C(C)Sc1ccc(NC(=O)CC)nn1. The van der Waals surface area contributed by atoms with E-state index in [1.54, 1.807) is 32.9 Å². The lowest BCUT2D eigenvalue weighted by molar-refractivity contribution is -0.142. The molecular weight excluding hydrogens is 266 g/mol. The first kappa shape index (κ1) is 15.4. The van der Waals surface area contributed by atoms with E-state index in [4.69, 9.17) is 4.74 Å². The Bertz CT molecular complexity index is 436. The first-order chi connectivity index (χ1) is 9.06. The fraction of sp³-hybridized carbons (Fsp3) is 0.500. The van der Waals surface area contributed by atoms with E-state index in [9.17, 15) is 9.59 Å². The van der Waals surface area contributed by atoms with Crippen molar-refractivity contribution in [3.63, 3.8) is 0 Å². The summed E-state index contributed by atoms with van der Waals surface area (Å²) in [5, 5.41) is 10.7. The molecule has 0 radical (unpaired) electrons. The molecule has 1 N–H and O–H groups in total. The van der Waals surface area contributed by atoms with Gasteiger partial charge in [-0.2, -0.15) is 0 Å². The number of nitrogens with one attached hydrogen (secondary N) is 1. The van der Waals surface area contributed by atoms with E-state index in [1.807, 2.05) is 0 Å². The Kier molecular flexibility index (Phi) is 6.27. The Morgan fingerprint density at radius 3 is 2.63 bits per heavy atom. The third kappa shape index (κ3) is 5.25. The lowest BCUT2D eigenvalue weighted by atomic mass is 10.4. The summed E-state index contributed by atoms with van der Waals surface area (Å²) in [6.07, 6.45) is 0.387. The van der Waals surface area contributed by atoms with E-state index >= 15 is 0 Å². The number of anilines is 1. The summed E-state index contributed by atoms with van der Waals surface area (Å²) in [6.45, 7) is 5.63. The smallest absolute Gasteiger partial charge is 0.319 e. The lowest BCUT2D eigenvalue weighted by Gasteiger charge is -2.09. The van der Waals surface area contributed by atoms with Crippen LogP contribution in [-0.2, 0) is 14.3 Å². The molecule has 6 nitrogen and oxygen atoms in total. The van der Waals surface area contributed by atoms with Gasteiger partial charge in [-0.15, -0.1) is 10.2 Å². The first-order valence-electron chi connectivity index (χ1n) is 6.03. The van der Waals surface area contributed by atoms with E-state index < -0.39 is 0 Å². The van der Waals surface area contributed by atoms with Crippen LogP contribution in [0.4, 0.5) is 5.82 Å². The Labute approximate surface area is 116 Å². The molecule has 0 aliphatic carbocycles. The number of carbonyl (C=O) groups is 2. The van der Waals surface area contributed by atoms with Crippen molar-refractivity contribution in [3.05, 3.63) is 12.1 Å². The topological polar surface area (TPSA) is 81.2 Å². The van der Waals surface area contributed by atoms with Gasteiger partial charge in [0.1, 0.15) is 10.3 Å². The standard InChI is InChI=1S/C12H17N3O3S/c1-4-10(16)13-9-6-7-11(15-14-9)19-8(3)12(17)18-5-2/h6-8H,4-5H2,1-3H3,(H,13,14,16). The highest BCUT2D eigenvalue weighted by Gasteiger charge is 2.16. The van der Waals surface area contributed by atoms with Crippen molar-refractivity contribution < 1.29 is 14.3 Å². The zero-order chi connectivity index (χ0) is 14.3.